The summed E-state index contributed by atoms with van der Waals surface area (Å²) in [5.41, 5.74) is -0.571. The topological polar surface area (TPSA) is 75.6 Å². The number of carbonyl (C=O) groups excluding carboxylic acids is 1. The molecule has 0 aliphatic rings. The molecule has 0 heterocycles. The highest BCUT2D eigenvalue weighted by molar-refractivity contribution is 5.82. The maximum Gasteiger partial charge on any atom is 0.346 e. The molecule has 1 atom stereocenters. The largest absolute Gasteiger partial charge is 0.478 e. The van der Waals surface area contributed by atoms with Crippen LogP contribution in [0.2, 0.25) is 0 Å². The second kappa shape index (κ2) is 7.06. The Hall–Kier alpha value is -2.11. The van der Waals surface area contributed by atoms with E-state index in [0.29, 0.717) is 6.42 Å². The predicted octanol–water partition coefficient (Wildman–Crippen LogP) is 2.21. The molecule has 0 aromatic heterocycles. The number of carbonyl (C=O) groups is 2. The summed E-state index contributed by atoms with van der Waals surface area (Å²) in [6.45, 7) is 5.27. The summed E-state index contributed by atoms with van der Waals surface area (Å²) in [4.78, 5) is 23.1. The van der Waals surface area contributed by atoms with Gasteiger partial charge in [-0.05, 0) is 30.7 Å². The van der Waals surface area contributed by atoms with Crippen molar-refractivity contribution in [3.63, 3.8) is 0 Å². The number of rotatable bonds is 7. The Balaban J connectivity index is 2.65. The van der Waals surface area contributed by atoms with Crippen molar-refractivity contribution in [3.8, 4) is 5.75 Å². The monoisotopic (exact) mass is 297 g/mol. The Bertz CT molecular complexity index is 499. The van der Waals surface area contributed by atoms with Gasteiger partial charge in [0.05, 0.1) is 6.54 Å². The van der Waals surface area contributed by atoms with Crippen LogP contribution in [0.4, 0.5) is 4.39 Å². The van der Waals surface area contributed by atoms with E-state index in [4.69, 9.17) is 9.84 Å². The van der Waals surface area contributed by atoms with Crippen LogP contribution in [0.15, 0.2) is 24.3 Å². The highest BCUT2D eigenvalue weighted by atomic mass is 19.1. The molecule has 21 heavy (non-hydrogen) atoms. The Morgan fingerprint density at radius 2 is 1.90 bits per heavy atom. The van der Waals surface area contributed by atoms with Gasteiger partial charge in [0.2, 0.25) is 12.0 Å². The van der Waals surface area contributed by atoms with E-state index in [0.717, 1.165) is 0 Å². The van der Waals surface area contributed by atoms with E-state index in [1.54, 1.807) is 13.8 Å². The van der Waals surface area contributed by atoms with Crippen molar-refractivity contribution in [1.29, 1.82) is 0 Å². The second-order valence-electron chi connectivity index (χ2n) is 5.35. The fourth-order valence-electron chi connectivity index (χ4n) is 1.44. The minimum Gasteiger partial charge on any atom is -0.478 e. The van der Waals surface area contributed by atoms with Gasteiger partial charge in [-0.2, -0.15) is 0 Å². The Morgan fingerprint density at radius 1 is 1.33 bits per heavy atom. The molecular formula is C15H20FNO4. The molecule has 0 aliphatic heterocycles. The van der Waals surface area contributed by atoms with Gasteiger partial charge in [0.25, 0.3) is 0 Å². The smallest absolute Gasteiger partial charge is 0.346 e. The zero-order chi connectivity index (χ0) is 16.0. The van der Waals surface area contributed by atoms with E-state index in [9.17, 15) is 14.0 Å². The van der Waals surface area contributed by atoms with Crippen LogP contribution in [-0.4, -0.2) is 29.6 Å². The molecule has 0 spiro atoms. The summed E-state index contributed by atoms with van der Waals surface area (Å²) >= 11 is 0. The summed E-state index contributed by atoms with van der Waals surface area (Å²) in [5, 5.41) is 11.7. The first kappa shape index (κ1) is 16.9. The molecule has 0 fully saturated rings. The van der Waals surface area contributed by atoms with Gasteiger partial charge in [-0.25, -0.2) is 9.18 Å². The van der Waals surface area contributed by atoms with Crippen molar-refractivity contribution in [3.05, 3.63) is 30.1 Å². The Morgan fingerprint density at radius 3 is 2.38 bits per heavy atom. The van der Waals surface area contributed by atoms with Crippen LogP contribution in [0.25, 0.3) is 0 Å². The van der Waals surface area contributed by atoms with Crippen molar-refractivity contribution in [2.75, 3.05) is 6.54 Å². The molecule has 0 saturated carbocycles. The van der Waals surface area contributed by atoms with E-state index in [2.05, 4.69) is 5.32 Å². The van der Waals surface area contributed by atoms with Crippen molar-refractivity contribution in [2.45, 2.75) is 33.3 Å². The number of carboxylic acids is 1. The van der Waals surface area contributed by atoms with Crippen LogP contribution >= 0.6 is 0 Å². The summed E-state index contributed by atoms with van der Waals surface area (Å²) in [7, 11) is 0. The molecule has 0 saturated heterocycles. The summed E-state index contributed by atoms with van der Waals surface area (Å²) < 4.78 is 18.0. The molecule has 6 heteroatoms. The molecule has 116 valence electrons. The quantitative estimate of drug-likeness (QED) is 0.809. The first-order valence-corrected chi connectivity index (χ1v) is 6.69. The number of hydrogen-bond acceptors (Lipinski definition) is 3. The number of benzene rings is 1. The van der Waals surface area contributed by atoms with E-state index in [1.807, 2.05) is 6.92 Å². The Labute approximate surface area is 123 Å². The molecule has 1 aromatic rings. The van der Waals surface area contributed by atoms with Gasteiger partial charge >= 0.3 is 5.97 Å². The number of halogens is 1. The minimum absolute atomic E-state index is 0.158. The Kier molecular flexibility index (Phi) is 5.69. The lowest BCUT2D eigenvalue weighted by atomic mass is 9.89. The standard InChI is InChI=1S/C15H20FNO4/c1-4-15(2,3)14(20)17-9-12(13(18)19)21-11-7-5-10(16)6-8-11/h5-8,12H,4,9H2,1-3H3,(H,17,20)(H,18,19). The highest BCUT2D eigenvalue weighted by Crippen LogP contribution is 2.19. The van der Waals surface area contributed by atoms with Gasteiger partial charge in [0, 0.05) is 5.41 Å². The lowest BCUT2D eigenvalue weighted by Crippen LogP contribution is -2.44. The number of nitrogens with one attached hydrogen (secondary N) is 1. The molecule has 5 nitrogen and oxygen atoms in total. The van der Waals surface area contributed by atoms with E-state index in [1.165, 1.54) is 24.3 Å². The third kappa shape index (κ3) is 5.06. The third-order valence-corrected chi connectivity index (χ3v) is 3.31. The van der Waals surface area contributed by atoms with Crippen LogP contribution in [0.1, 0.15) is 27.2 Å². The number of aliphatic carboxylic acids is 1. The SMILES string of the molecule is CCC(C)(C)C(=O)NCC(Oc1ccc(F)cc1)C(=O)O. The average Bonchev–Trinajstić information content (AvgIpc) is 2.44. The molecule has 1 amide bonds. The fourth-order valence-corrected chi connectivity index (χ4v) is 1.44. The first-order valence-electron chi connectivity index (χ1n) is 6.69. The predicted molar refractivity (Wildman–Crippen MR) is 75.5 cm³/mol. The summed E-state index contributed by atoms with van der Waals surface area (Å²) in [6.07, 6.45) is -0.595. The van der Waals surface area contributed by atoms with Crippen LogP contribution in [0.3, 0.4) is 0 Å². The molecule has 0 aliphatic carbocycles. The number of ether oxygens (including phenoxy) is 1. The lowest BCUT2D eigenvalue weighted by Gasteiger charge is -2.23. The van der Waals surface area contributed by atoms with Crippen LogP contribution in [0.5, 0.6) is 5.75 Å². The van der Waals surface area contributed by atoms with Gasteiger partial charge in [0.1, 0.15) is 11.6 Å². The third-order valence-electron chi connectivity index (χ3n) is 3.31. The zero-order valence-corrected chi connectivity index (χ0v) is 12.4. The summed E-state index contributed by atoms with van der Waals surface area (Å²) in [5.74, 6) is -1.65. The number of hydrogen-bond donors (Lipinski definition) is 2. The van der Waals surface area contributed by atoms with Crippen LogP contribution in [0, 0.1) is 11.2 Å². The maximum absolute atomic E-state index is 12.8. The average molecular weight is 297 g/mol. The van der Waals surface area contributed by atoms with Crippen LogP contribution < -0.4 is 10.1 Å². The fraction of sp³-hybridized carbons (Fsp3) is 0.467. The lowest BCUT2D eigenvalue weighted by molar-refractivity contribution is -0.145. The van der Waals surface area contributed by atoms with E-state index in [-0.39, 0.29) is 18.2 Å². The van der Waals surface area contributed by atoms with Crippen molar-refractivity contribution in [2.24, 2.45) is 5.41 Å². The number of amides is 1. The normalized spacial score (nSPS) is 12.6. The van der Waals surface area contributed by atoms with Crippen molar-refractivity contribution < 1.29 is 23.8 Å². The molecule has 0 bridgehead atoms. The summed E-state index contributed by atoms with van der Waals surface area (Å²) in [6, 6.07) is 5.02. The van der Waals surface area contributed by atoms with Gasteiger partial charge in [-0.1, -0.05) is 20.8 Å². The highest BCUT2D eigenvalue weighted by Gasteiger charge is 2.27. The zero-order valence-electron chi connectivity index (χ0n) is 12.4. The van der Waals surface area contributed by atoms with Crippen LogP contribution in [-0.2, 0) is 9.59 Å². The number of carboxylic acid groups (broad SMARTS) is 1. The van der Waals surface area contributed by atoms with E-state index < -0.39 is 23.3 Å². The van der Waals surface area contributed by atoms with Gasteiger partial charge in [-0.3, -0.25) is 4.79 Å². The molecule has 1 aromatic carbocycles. The molecular weight excluding hydrogens is 277 g/mol. The molecule has 1 unspecified atom stereocenters. The van der Waals surface area contributed by atoms with Crippen molar-refractivity contribution >= 4 is 11.9 Å². The minimum atomic E-state index is -1.23. The molecule has 2 N–H and O–H groups in total. The van der Waals surface area contributed by atoms with E-state index >= 15 is 0 Å². The van der Waals surface area contributed by atoms with Gasteiger partial charge in [0.15, 0.2) is 0 Å². The molecule has 1 rings (SSSR count). The second-order valence-corrected chi connectivity index (χ2v) is 5.35. The first-order chi connectivity index (χ1) is 9.76. The van der Waals surface area contributed by atoms with Gasteiger partial charge < -0.3 is 15.2 Å². The van der Waals surface area contributed by atoms with Gasteiger partial charge in [-0.15, -0.1) is 0 Å². The van der Waals surface area contributed by atoms with Crippen molar-refractivity contribution in [1.82, 2.24) is 5.32 Å². The maximum atomic E-state index is 12.8. The molecule has 0 radical (unpaired) electrons.